The predicted molar refractivity (Wildman–Crippen MR) is 105 cm³/mol. The van der Waals surface area contributed by atoms with E-state index in [1.165, 1.54) is 26.2 Å². The molecule has 2 aromatic carbocycles. The van der Waals surface area contributed by atoms with Gasteiger partial charge in [-0.05, 0) is 48.9 Å². The molecule has 0 radical (unpaired) electrons. The molecule has 1 heterocycles. The van der Waals surface area contributed by atoms with E-state index >= 15 is 0 Å². The van der Waals surface area contributed by atoms with Crippen molar-refractivity contribution in [2.24, 2.45) is 0 Å². The summed E-state index contributed by atoms with van der Waals surface area (Å²) < 4.78 is 36.6. The molecule has 0 saturated carbocycles. The highest BCUT2D eigenvalue weighted by atomic mass is 32.2. The van der Waals surface area contributed by atoms with Gasteiger partial charge in [0.05, 0.1) is 4.90 Å². The largest absolute Gasteiger partial charge is 0.486 e. The minimum absolute atomic E-state index is 0.156. The summed E-state index contributed by atoms with van der Waals surface area (Å²) in [7, 11) is -0.574. The minimum Gasteiger partial charge on any atom is -0.486 e. The fraction of sp³-hybridized carbons (Fsp3) is 0.350. The van der Waals surface area contributed by atoms with Gasteiger partial charge in [0.25, 0.3) is 5.91 Å². The maximum Gasteiger partial charge on any atom is 0.254 e. The van der Waals surface area contributed by atoms with Crippen molar-refractivity contribution in [2.75, 3.05) is 33.9 Å². The van der Waals surface area contributed by atoms with Crippen LogP contribution in [-0.2, 0) is 16.6 Å². The Bertz CT molecular complexity index is 955. The molecule has 0 atom stereocenters. The fourth-order valence-corrected chi connectivity index (χ4v) is 3.80. The summed E-state index contributed by atoms with van der Waals surface area (Å²) >= 11 is 0. The molecule has 1 amide bonds. The Balaban J connectivity index is 1.76. The summed E-state index contributed by atoms with van der Waals surface area (Å²) in [4.78, 5) is 14.7. The van der Waals surface area contributed by atoms with Crippen molar-refractivity contribution >= 4 is 15.9 Å². The number of nitrogens with zero attached hydrogens (tertiary/aromatic N) is 2. The number of benzene rings is 2. The molecule has 0 aromatic heterocycles. The third-order valence-electron chi connectivity index (χ3n) is 4.53. The zero-order valence-electron chi connectivity index (χ0n) is 16.2. The van der Waals surface area contributed by atoms with Crippen molar-refractivity contribution in [1.82, 2.24) is 9.21 Å². The molecule has 1 aliphatic rings. The first-order chi connectivity index (χ1) is 13.3. The van der Waals surface area contributed by atoms with Gasteiger partial charge in [-0.2, -0.15) is 0 Å². The zero-order valence-corrected chi connectivity index (χ0v) is 17.0. The Hall–Kier alpha value is -2.58. The molecule has 28 heavy (non-hydrogen) atoms. The molecule has 0 spiro atoms. The number of hydrogen-bond donors (Lipinski definition) is 0. The number of sulfonamides is 1. The Morgan fingerprint density at radius 2 is 1.64 bits per heavy atom. The highest BCUT2D eigenvalue weighted by molar-refractivity contribution is 7.89. The van der Waals surface area contributed by atoms with E-state index in [4.69, 9.17) is 9.47 Å². The lowest BCUT2D eigenvalue weighted by atomic mass is 10.1. The van der Waals surface area contributed by atoms with Gasteiger partial charge in [0.2, 0.25) is 10.0 Å². The van der Waals surface area contributed by atoms with Gasteiger partial charge in [0, 0.05) is 32.7 Å². The Labute approximate surface area is 165 Å². The zero-order chi connectivity index (χ0) is 20.3. The molecule has 7 nitrogen and oxygen atoms in total. The standard InChI is InChI=1S/C20H24N2O5S/c1-4-22(14-15-5-10-18-19(13-15)27-12-11-26-18)20(23)16-6-8-17(9-7-16)28(24,25)21(2)3/h5-10,13H,4,11-12,14H2,1-3H3. The molecule has 0 unspecified atom stereocenters. The molecule has 0 fully saturated rings. The summed E-state index contributed by atoms with van der Waals surface area (Å²) in [6.45, 7) is 3.88. The number of ether oxygens (including phenoxy) is 2. The number of carbonyl (C=O) groups excluding carboxylic acids is 1. The predicted octanol–water partition coefficient (Wildman–Crippen LogP) is 2.37. The normalized spacial score (nSPS) is 13.4. The van der Waals surface area contributed by atoms with Crippen LogP contribution in [0.3, 0.4) is 0 Å². The van der Waals surface area contributed by atoms with Gasteiger partial charge in [0.1, 0.15) is 13.2 Å². The van der Waals surface area contributed by atoms with Crippen molar-refractivity contribution in [3.05, 3.63) is 53.6 Å². The van der Waals surface area contributed by atoms with Crippen molar-refractivity contribution < 1.29 is 22.7 Å². The van der Waals surface area contributed by atoms with Crippen LogP contribution in [0.4, 0.5) is 0 Å². The second-order valence-corrected chi connectivity index (χ2v) is 8.76. The topological polar surface area (TPSA) is 76.1 Å². The lowest BCUT2D eigenvalue weighted by Gasteiger charge is -2.23. The van der Waals surface area contributed by atoms with E-state index in [-0.39, 0.29) is 10.8 Å². The summed E-state index contributed by atoms with van der Waals surface area (Å²) in [5.41, 5.74) is 1.38. The smallest absolute Gasteiger partial charge is 0.254 e. The van der Waals surface area contributed by atoms with E-state index in [0.717, 1.165) is 9.87 Å². The van der Waals surface area contributed by atoms with Gasteiger partial charge < -0.3 is 14.4 Å². The highest BCUT2D eigenvalue weighted by Gasteiger charge is 2.20. The molecular formula is C20H24N2O5S. The van der Waals surface area contributed by atoms with Gasteiger partial charge in [-0.25, -0.2) is 12.7 Å². The van der Waals surface area contributed by atoms with Crippen molar-refractivity contribution in [2.45, 2.75) is 18.4 Å². The van der Waals surface area contributed by atoms with Gasteiger partial charge in [-0.15, -0.1) is 0 Å². The van der Waals surface area contributed by atoms with Crippen LogP contribution < -0.4 is 9.47 Å². The molecular weight excluding hydrogens is 380 g/mol. The first-order valence-electron chi connectivity index (χ1n) is 9.03. The number of carbonyl (C=O) groups is 1. The van der Waals surface area contributed by atoms with Gasteiger partial charge in [0.15, 0.2) is 11.5 Å². The lowest BCUT2D eigenvalue weighted by molar-refractivity contribution is 0.0752. The molecule has 0 bridgehead atoms. The van der Waals surface area contributed by atoms with Crippen molar-refractivity contribution in [3.8, 4) is 11.5 Å². The molecule has 0 N–H and O–H groups in total. The average Bonchev–Trinajstić information content (AvgIpc) is 2.71. The monoisotopic (exact) mass is 404 g/mol. The number of rotatable bonds is 6. The molecule has 2 aromatic rings. The third-order valence-corrected chi connectivity index (χ3v) is 6.36. The van der Waals surface area contributed by atoms with Crippen LogP contribution in [0.2, 0.25) is 0 Å². The van der Waals surface area contributed by atoms with Crippen molar-refractivity contribution in [3.63, 3.8) is 0 Å². The summed E-state index contributed by atoms with van der Waals surface area (Å²) in [5, 5.41) is 0. The molecule has 150 valence electrons. The quantitative estimate of drug-likeness (QED) is 0.739. The Morgan fingerprint density at radius 3 is 2.25 bits per heavy atom. The molecule has 8 heteroatoms. The van der Waals surface area contributed by atoms with Crippen LogP contribution in [-0.4, -0.2) is 57.4 Å². The van der Waals surface area contributed by atoms with Crippen molar-refractivity contribution in [1.29, 1.82) is 0 Å². The SMILES string of the molecule is CCN(Cc1ccc2c(c1)OCCO2)C(=O)c1ccc(S(=O)(=O)N(C)C)cc1. The van der Waals surface area contributed by atoms with Crippen LogP contribution in [0, 0.1) is 0 Å². The van der Waals surface area contributed by atoms with Crippen LogP contribution in [0.25, 0.3) is 0 Å². The van der Waals surface area contributed by atoms with E-state index < -0.39 is 10.0 Å². The minimum atomic E-state index is -3.52. The third kappa shape index (κ3) is 4.13. The number of amides is 1. The van der Waals surface area contributed by atoms with Crippen LogP contribution in [0.15, 0.2) is 47.4 Å². The average molecular weight is 404 g/mol. The number of fused-ring (bicyclic) bond motifs is 1. The van der Waals surface area contributed by atoms with Crippen LogP contribution in [0.5, 0.6) is 11.5 Å². The molecule has 0 saturated heterocycles. The second-order valence-electron chi connectivity index (χ2n) is 6.61. The Morgan fingerprint density at radius 1 is 1.00 bits per heavy atom. The van der Waals surface area contributed by atoms with E-state index in [9.17, 15) is 13.2 Å². The first kappa shape index (κ1) is 20.2. The van der Waals surface area contributed by atoms with Crippen LogP contribution >= 0.6 is 0 Å². The maximum atomic E-state index is 12.9. The van der Waals surface area contributed by atoms with E-state index in [0.29, 0.717) is 43.4 Å². The summed E-state index contributed by atoms with van der Waals surface area (Å²) in [6, 6.07) is 11.7. The molecule has 3 rings (SSSR count). The van der Waals surface area contributed by atoms with E-state index in [1.54, 1.807) is 17.0 Å². The lowest BCUT2D eigenvalue weighted by Crippen LogP contribution is -2.30. The highest BCUT2D eigenvalue weighted by Crippen LogP contribution is 2.31. The first-order valence-corrected chi connectivity index (χ1v) is 10.5. The molecule has 0 aliphatic carbocycles. The number of hydrogen-bond acceptors (Lipinski definition) is 5. The van der Waals surface area contributed by atoms with E-state index in [2.05, 4.69) is 0 Å². The van der Waals surface area contributed by atoms with Gasteiger partial charge in [-0.1, -0.05) is 6.07 Å². The van der Waals surface area contributed by atoms with Gasteiger partial charge >= 0.3 is 0 Å². The Kier molecular flexibility index (Phi) is 5.90. The maximum absolute atomic E-state index is 12.9. The van der Waals surface area contributed by atoms with Crippen LogP contribution in [0.1, 0.15) is 22.8 Å². The summed E-state index contributed by atoms with van der Waals surface area (Å²) in [6.07, 6.45) is 0. The van der Waals surface area contributed by atoms with Gasteiger partial charge in [-0.3, -0.25) is 4.79 Å². The summed E-state index contributed by atoms with van der Waals surface area (Å²) in [5.74, 6) is 1.23. The van der Waals surface area contributed by atoms with E-state index in [1.807, 2.05) is 25.1 Å². The fourth-order valence-electron chi connectivity index (χ4n) is 2.90. The second kappa shape index (κ2) is 8.20. The molecule has 1 aliphatic heterocycles.